The molecular formula is C21H24N4O4. The molecule has 3 fully saturated rings. The van der Waals surface area contributed by atoms with Gasteiger partial charge in [-0.05, 0) is 43.9 Å². The molecule has 1 aromatic carbocycles. The number of ether oxygens (including phenoxy) is 1. The Balaban J connectivity index is 1.38. The third-order valence-electron chi connectivity index (χ3n) is 5.93. The van der Waals surface area contributed by atoms with Crippen molar-refractivity contribution in [2.45, 2.75) is 37.3 Å². The molecule has 1 spiro atoms. The van der Waals surface area contributed by atoms with Gasteiger partial charge in [0, 0.05) is 43.6 Å². The number of anilines is 1. The first-order valence-electron chi connectivity index (χ1n) is 9.88. The number of likely N-dealkylation sites (tertiary alicyclic amines) is 1. The zero-order valence-corrected chi connectivity index (χ0v) is 16.1. The van der Waals surface area contributed by atoms with Crippen molar-refractivity contribution in [2.75, 3.05) is 31.6 Å². The number of amides is 5. The smallest absolute Gasteiger partial charge is 0.325 e. The van der Waals surface area contributed by atoms with Gasteiger partial charge in [0.1, 0.15) is 5.54 Å². The number of hydrogen-bond donors (Lipinski definition) is 2. The quantitative estimate of drug-likeness (QED) is 0.589. The van der Waals surface area contributed by atoms with E-state index < -0.39 is 5.54 Å². The minimum Gasteiger partial charge on any atom is -0.381 e. The second-order valence-corrected chi connectivity index (χ2v) is 7.67. The van der Waals surface area contributed by atoms with Gasteiger partial charge in [-0.15, -0.1) is 6.42 Å². The van der Waals surface area contributed by atoms with Crippen LogP contribution in [0.5, 0.6) is 0 Å². The van der Waals surface area contributed by atoms with Gasteiger partial charge in [-0.2, -0.15) is 0 Å². The summed E-state index contributed by atoms with van der Waals surface area (Å²) in [5.41, 5.74) is 0.407. The summed E-state index contributed by atoms with van der Waals surface area (Å²) < 4.78 is 5.34. The van der Waals surface area contributed by atoms with Crippen molar-refractivity contribution in [1.29, 1.82) is 0 Å². The third-order valence-corrected chi connectivity index (χ3v) is 5.93. The fourth-order valence-corrected chi connectivity index (χ4v) is 4.24. The van der Waals surface area contributed by atoms with E-state index in [-0.39, 0.29) is 24.0 Å². The molecule has 0 aromatic heterocycles. The number of terminal acetylenes is 1. The Bertz CT molecular complexity index is 864. The van der Waals surface area contributed by atoms with Crippen LogP contribution in [0.15, 0.2) is 24.3 Å². The maximum atomic E-state index is 13.1. The number of carbonyl (C=O) groups excluding carboxylic acids is 3. The van der Waals surface area contributed by atoms with E-state index in [1.165, 1.54) is 4.90 Å². The van der Waals surface area contributed by atoms with Crippen LogP contribution in [0.25, 0.3) is 0 Å². The molecule has 1 aromatic rings. The molecule has 8 heteroatoms. The fourth-order valence-electron chi connectivity index (χ4n) is 4.24. The molecule has 0 radical (unpaired) electrons. The molecule has 0 atom stereocenters. The molecule has 0 aliphatic carbocycles. The number of nitrogens with zero attached hydrogens (tertiary/aromatic N) is 2. The molecule has 0 unspecified atom stereocenters. The first-order valence-corrected chi connectivity index (χ1v) is 9.88. The summed E-state index contributed by atoms with van der Waals surface area (Å²) in [6, 6.07) is 6.40. The van der Waals surface area contributed by atoms with E-state index in [0.29, 0.717) is 63.2 Å². The first kappa shape index (κ1) is 19.3. The van der Waals surface area contributed by atoms with E-state index in [1.54, 1.807) is 29.2 Å². The van der Waals surface area contributed by atoms with Gasteiger partial charge in [-0.3, -0.25) is 9.69 Å². The number of hydrogen-bond acceptors (Lipinski definition) is 4. The summed E-state index contributed by atoms with van der Waals surface area (Å²) in [6.07, 6.45) is 7.53. The molecule has 29 heavy (non-hydrogen) atoms. The van der Waals surface area contributed by atoms with Gasteiger partial charge in [-0.1, -0.05) is 12.0 Å². The zero-order chi connectivity index (χ0) is 20.4. The van der Waals surface area contributed by atoms with E-state index in [4.69, 9.17) is 11.2 Å². The number of urea groups is 2. The van der Waals surface area contributed by atoms with Gasteiger partial charge in [0.25, 0.3) is 5.91 Å². The number of piperidine rings is 1. The van der Waals surface area contributed by atoms with E-state index in [1.807, 2.05) is 0 Å². The highest BCUT2D eigenvalue weighted by atomic mass is 16.5. The van der Waals surface area contributed by atoms with Crippen molar-refractivity contribution in [3.05, 3.63) is 29.8 Å². The molecule has 3 aliphatic heterocycles. The molecule has 5 amide bonds. The van der Waals surface area contributed by atoms with Crippen molar-refractivity contribution in [3.8, 4) is 12.3 Å². The van der Waals surface area contributed by atoms with Gasteiger partial charge < -0.3 is 20.3 Å². The minimum atomic E-state index is -0.907. The molecule has 8 nitrogen and oxygen atoms in total. The van der Waals surface area contributed by atoms with Crippen LogP contribution in [-0.4, -0.2) is 65.7 Å². The van der Waals surface area contributed by atoms with Gasteiger partial charge in [0.05, 0.1) is 0 Å². The predicted molar refractivity (Wildman–Crippen MR) is 106 cm³/mol. The predicted octanol–water partition coefficient (Wildman–Crippen LogP) is 1.77. The molecule has 3 heterocycles. The lowest BCUT2D eigenvalue weighted by Crippen LogP contribution is -2.56. The Morgan fingerprint density at radius 1 is 1.24 bits per heavy atom. The normalized spacial score (nSPS) is 21.8. The second kappa shape index (κ2) is 7.76. The standard InChI is InChI=1S/C21H24N4O4/c1-2-15-4-3-5-16(14-15)22-19(27)24-10-8-21(9-11-24)18(26)25(20(28)23-21)17-6-12-29-13-7-17/h1,3-5,14,17H,6-13H2,(H,22,27)(H,23,28). The summed E-state index contributed by atoms with van der Waals surface area (Å²) >= 11 is 0. The SMILES string of the molecule is C#Cc1cccc(NC(=O)N2CCC3(CC2)NC(=O)N(C2CCOCC2)C3=O)c1. The largest absolute Gasteiger partial charge is 0.381 e. The zero-order valence-electron chi connectivity index (χ0n) is 16.1. The molecule has 3 aliphatic rings. The second-order valence-electron chi connectivity index (χ2n) is 7.67. The lowest BCUT2D eigenvalue weighted by atomic mass is 9.87. The van der Waals surface area contributed by atoms with Crippen LogP contribution in [0.2, 0.25) is 0 Å². The van der Waals surface area contributed by atoms with Gasteiger partial charge in [0.2, 0.25) is 0 Å². The molecular weight excluding hydrogens is 372 g/mol. The van der Waals surface area contributed by atoms with Gasteiger partial charge in [0.15, 0.2) is 0 Å². The summed E-state index contributed by atoms with van der Waals surface area (Å²) in [5.74, 6) is 2.37. The summed E-state index contributed by atoms with van der Waals surface area (Å²) in [5, 5.41) is 5.75. The van der Waals surface area contributed by atoms with Crippen LogP contribution < -0.4 is 10.6 Å². The maximum Gasteiger partial charge on any atom is 0.325 e. The van der Waals surface area contributed by atoms with Crippen molar-refractivity contribution >= 4 is 23.7 Å². The topological polar surface area (TPSA) is 91.0 Å². The van der Waals surface area contributed by atoms with Crippen LogP contribution in [0, 0.1) is 12.3 Å². The molecule has 2 N–H and O–H groups in total. The summed E-state index contributed by atoms with van der Waals surface area (Å²) in [4.78, 5) is 41.2. The number of nitrogens with one attached hydrogen (secondary N) is 2. The Morgan fingerprint density at radius 2 is 1.97 bits per heavy atom. The van der Waals surface area contributed by atoms with E-state index in [0.717, 1.165) is 0 Å². The van der Waals surface area contributed by atoms with Crippen LogP contribution >= 0.6 is 0 Å². The summed E-state index contributed by atoms with van der Waals surface area (Å²) in [7, 11) is 0. The maximum absolute atomic E-state index is 13.1. The van der Waals surface area contributed by atoms with Crippen LogP contribution in [-0.2, 0) is 9.53 Å². The highest BCUT2D eigenvalue weighted by molar-refractivity contribution is 6.07. The fraction of sp³-hybridized carbons (Fsp3) is 0.476. The van der Waals surface area contributed by atoms with Gasteiger partial charge in [-0.25, -0.2) is 9.59 Å². The first-order chi connectivity index (χ1) is 14.0. The van der Waals surface area contributed by atoms with Crippen molar-refractivity contribution in [1.82, 2.24) is 15.1 Å². The number of imide groups is 1. The van der Waals surface area contributed by atoms with Crippen molar-refractivity contribution < 1.29 is 19.1 Å². The highest BCUT2D eigenvalue weighted by Crippen LogP contribution is 2.32. The van der Waals surface area contributed by atoms with E-state index >= 15 is 0 Å². The Labute approximate surface area is 169 Å². The van der Waals surface area contributed by atoms with Gasteiger partial charge >= 0.3 is 12.1 Å². The molecule has 0 bridgehead atoms. The van der Waals surface area contributed by atoms with Crippen LogP contribution in [0.1, 0.15) is 31.2 Å². The molecule has 0 saturated carbocycles. The monoisotopic (exact) mass is 396 g/mol. The Morgan fingerprint density at radius 3 is 2.66 bits per heavy atom. The number of rotatable bonds is 2. The highest BCUT2D eigenvalue weighted by Gasteiger charge is 2.54. The third kappa shape index (κ3) is 3.66. The minimum absolute atomic E-state index is 0.111. The molecule has 4 rings (SSSR count). The average molecular weight is 396 g/mol. The van der Waals surface area contributed by atoms with Crippen molar-refractivity contribution in [2.24, 2.45) is 0 Å². The molecule has 3 saturated heterocycles. The Kier molecular flexibility index (Phi) is 5.16. The average Bonchev–Trinajstić information content (AvgIpc) is 2.98. The number of benzene rings is 1. The van der Waals surface area contributed by atoms with E-state index in [2.05, 4.69) is 16.6 Å². The number of carbonyl (C=O) groups is 3. The molecule has 152 valence electrons. The lowest BCUT2D eigenvalue weighted by molar-refractivity contribution is -0.135. The van der Waals surface area contributed by atoms with Crippen molar-refractivity contribution in [3.63, 3.8) is 0 Å². The summed E-state index contributed by atoms with van der Waals surface area (Å²) in [6.45, 7) is 1.88. The van der Waals surface area contributed by atoms with Crippen LogP contribution in [0.4, 0.5) is 15.3 Å². The van der Waals surface area contributed by atoms with Crippen LogP contribution in [0.3, 0.4) is 0 Å². The lowest BCUT2D eigenvalue weighted by Gasteiger charge is -2.37. The Hall–Kier alpha value is -3.05. The van der Waals surface area contributed by atoms with E-state index in [9.17, 15) is 14.4 Å².